The largest absolute Gasteiger partial charge is 0.347 e. The first-order valence-electron chi connectivity index (χ1n) is 6.27. The van der Waals surface area contributed by atoms with Gasteiger partial charge in [-0.05, 0) is 18.6 Å². The Balaban J connectivity index is 2.16. The number of rotatable bonds is 5. The summed E-state index contributed by atoms with van der Waals surface area (Å²) in [6.45, 7) is 1.86. The lowest BCUT2D eigenvalue weighted by molar-refractivity contribution is -0.387. The van der Waals surface area contributed by atoms with E-state index in [2.05, 4.69) is 15.3 Å². The molecular formula is C13H13FN4O3. The van der Waals surface area contributed by atoms with E-state index in [4.69, 9.17) is 0 Å². The molecule has 0 spiro atoms. The molecule has 0 fully saturated rings. The summed E-state index contributed by atoms with van der Waals surface area (Å²) < 4.78 is 13.5. The summed E-state index contributed by atoms with van der Waals surface area (Å²) in [5.74, 6) is -0.973. The number of carbonyl (C=O) groups excluding carboxylic acids is 1. The molecule has 0 saturated heterocycles. The number of benzene rings is 1. The van der Waals surface area contributed by atoms with Crippen molar-refractivity contribution in [1.82, 2.24) is 15.3 Å². The minimum Gasteiger partial charge on any atom is -0.347 e. The second-order valence-electron chi connectivity index (χ2n) is 4.33. The zero-order valence-corrected chi connectivity index (χ0v) is 11.2. The Morgan fingerprint density at radius 1 is 1.57 bits per heavy atom. The third-order valence-electron chi connectivity index (χ3n) is 2.97. The van der Waals surface area contributed by atoms with Gasteiger partial charge in [-0.3, -0.25) is 14.9 Å². The first-order chi connectivity index (χ1) is 10.0. The van der Waals surface area contributed by atoms with Gasteiger partial charge in [-0.25, -0.2) is 4.98 Å². The Labute approximate surface area is 119 Å². The Morgan fingerprint density at radius 2 is 2.33 bits per heavy atom. The lowest BCUT2D eigenvalue weighted by Gasteiger charge is -2.14. The number of aromatic nitrogens is 2. The molecule has 1 unspecified atom stereocenters. The number of nitro groups is 1. The normalized spacial score (nSPS) is 11.9. The second-order valence-corrected chi connectivity index (χ2v) is 4.33. The quantitative estimate of drug-likeness (QED) is 0.652. The highest BCUT2D eigenvalue weighted by molar-refractivity contribution is 5.94. The zero-order chi connectivity index (χ0) is 15.4. The van der Waals surface area contributed by atoms with E-state index >= 15 is 0 Å². The molecule has 1 atom stereocenters. The SMILES string of the molecule is CCC(NC(=O)c1ccc([N+](=O)[O-])c(F)c1)c1ncc[nH]1. The van der Waals surface area contributed by atoms with Crippen LogP contribution in [0.25, 0.3) is 0 Å². The molecule has 7 nitrogen and oxygen atoms in total. The van der Waals surface area contributed by atoms with Crippen LogP contribution in [-0.2, 0) is 0 Å². The molecule has 1 amide bonds. The molecule has 8 heteroatoms. The van der Waals surface area contributed by atoms with Crippen molar-refractivity contribution in [2.45, 2.75) is 19.4 Å². The average molecular weight is 292 g/mol. The van der Waals surface area contributed by atoms with Crippen LogP contribution in [-0.4, -0.2) is 20.8 Å². The van der Waals surface area contributed by atoms with Crippen molar-refractivity contribution in [2.24, 2.45) is 0 Å². The third kappa shape index (κ3) is 3.22. The van der Waals surface area contributed by atoms with Crippen molar-refractivity contribution in [3.05, 3.63) is 57.9 Å². The van der Waals surface area contributed by atoms with Crippen LogP contribution >= 0.6 is 0 Å². The molecule has 0 saturated carbocycles. The van der Waals surface area contributed by atoms with E-state index in [0.29, 0.717) is 12.2 Å². The van der Waals surface area contributed by atoms with Gasteiger partial charge in [0.2, 0.25) is 5.82 Å². The molecule has 0 aliphatic heterocycles. The van der Waals surface area contributed by atoms with Gasteiger partial charge < -0.3 is 10.3 Å². The fraction of sp³-hybridized carbons (Fsp3) is 0.231. The van der Waals surface area contributed by atoms with Crippen LogP contribution < -0.4 is 5.32 Å². The summed E-state index contributed by atoms with van der Waals surface area (Å²) in [5, 5.41) is 13.2. The highest BCUT2D eigenvalue weighted by atomic mass is 19.1. The van der Waals surface area contributed by atoms with Crippen LogP contribution in [0.2, 0.25) is 0 Å². The van der Waals surface area contributed by atoms with Crippen molar-refractivity contribution in [3.63, 3.8) is 0 Å². The number of halogens is 1. The molecule has 110 valence electrons. The monoisotopic (exact) mass is 292 g/mol. The predicted octanol–water partition coefficient (Wildman–Crippen LogP) is 2.34. The summed E-state index contributed by atoms with van der Waals surface area (Å²) in [6, 6.07) is 2.69. The summed E-state index contributed by atoms with van der Waals surface area (Å²) in [4.78, 5) is 28.7. The Morgan fingerprint density at radius 3 is 2.86 bits per heavy atom. The van der Waals surface area contributed by atoms with Gasteiger partial charge in [0, 0.05) is 24.0 Å². The van der Waals surface area contributed by atoms with E-state index < -0.39 is 22.3 Å². The van der Waals surface area contributed by atoms with Crippen molar-refractivity contribution >= 4 is 11.6 Å². The molecule has 1 aromatic carbocycles. The van der Waals surface area contributed by atoms with Crippen molar-refractivity contribution in [3.8, 4) is 0 Å². The fourth-order valence-electron chi connectivity index (χ4n) is 1.87. The molecule has 2 aromatic rings. The number of aromatic amines is 1. The number of imidazole rings is 1. The molecule has 21 heavy (non-hydrogen) atoms. The number of carbonyl (C=O) groups is 1. The minimum absolute atomic E-state index is 0.0168. The number of nitrogens with one attached hydrogen (secondary N) is 2. The third-order valence-corrected chi connectivity index (χ3v) is 2.97. The molecular weight excluding hydrogens is 279 g/mol. The van der Waals surface area contributed by atoms with E-state index in [1.54, 1.807) is 12.4 Å². The van der Waals surface area contributed by atoms with Crippen molar-refractivity contribution in [1.29, 1.82) is 0 Å². The molecule has 0 aliphatic rings. The van der Waals surface area contributed by atoms with Gasteiger partial charge >= 0.3 is 5.69 Å². The zero-order valence-electron chi connectivity index (χ0n) is 11.2. The molecule has 0 aliphatic carbocycles. The maximum Gasteiger partial charge on any atom is 0.304 e. The van der Waals surface area contributed by atoms with Crippen LogP contribution in [0.15, 0.2) is 30.6 Å². The maximum absolute atomic E-state index is 13.5. The lowest BCUT2D eigenvalue weighted by Crippen LogP contribution is -2.29. The number of H-pyrrole nitrogens is 1. The van der Waals surface area contributed by atoms with Crippen molar-refractivity contribution in [2.75, 3.05) is 0 Å². The van der Waals surface area contributed by atoms with Crippen LogP contribution in [0.5, 0.6) is 0 Å². The van der Waals surface area contributed by atoms with Gasteiger partial charge in [-0.2, -0.15) is 4.39 Å². The molecule has 0 bridgehead atoms. The Hall–Kier alpha value is -2.77. The van der Waals surface area contributed by atoms with Crippen LogP contribution in [0.4, 0.5) is 10.1 Å². The van der Waals surface area contributed by atoms with Crippen LogP contribution in [0.1, 0.15) is 35.6 Å². The van der Waals surface area contributed by atoms with Crippen LogP contribution in [0, 0.1) is 15.9 Å². The number of nitro benzene ring substituents is 1. The first-order valence-corrected chi connectivity index (χ1v) is 6.27. The van der Waals surface area contributed by atoms with E-state index in [1.807, 2.05) is 6.92 Å². The smallest absolute Gasteiger partial charge is 0.304 e. The highest BCUT2D eigenvalue weighted by Gasteiger charge is 2.19. The van der Waals surface area contributed by atoms with E-state index in [-0.39, 0.29) is 11.6 Å². The van der Waals surface area contributed by atoms with Gasteiger partial charge in [-0.15, -0.1) is 0 Å². The van der Waals surface area contributed by atoms with Gasteiger partial charge in [0.15, 0.2) is 0 Å². The average Bonchev–Trinajstić information content (AvgIpc) is 2.97. The number of amides is 1. The number of hydrogen-bond donors (Lipinski definition) is 2. The second kappa shape index (κ2) is 6.12. The highest BCUT2D eigenvalue weighted by Crippen LogP contribution is 2.19. The van der Waals surface area contributed by atoms with E-state index in [9.17, 15) is 19.3 Å². The Kier molecular flexibility index (Phi) is 4.27. The first kappa shape index (κ1) is 14.6. The lowest BCUT2D eigenvalue weighted by atomic mass is 10.1. The topological polar surface area (TPSA) is 101 Å². The summed E-state index contributed by atoms with van der Waals surface area (Å²) in [6.07, 6.45) is 3.79. The fourth-order valence-corrected chi connectivity index (χ4v) is 1.87. The van der Waals surface area contributed by atoms with Crippen molar-refractivity contribution < 1.29 is 14.1 Å². The van der Waals surface area contributed by atoms with Gasteiger partial charge in [0.25, 0.3) is 5.91 Å². The van der Waals surface area contributed by atoms with E-state index in [1.165, 1.54) is 6.07 Å². The molecule has 2 N–H and O–H groups in total. The minimum atomic E-state index is -1.04. The van der Waals surface area contributed by atoms with Gasteiger partial charge in [-0.1, -0.05) is 6.92 Å². The molecule has 0 radical (unpaired) electrons. The van der Waals surface area contributed by atoms with Gasteiger partial charge in [0.05, 0.1) is 11.0 Å². The Bertz CT molecular complexity index is 657. The maximum atomic E-state index is 13.5. The summed E-state index contributed by atoms with van der Waals surface area (Å²) in [7, 11) is 0. The number of nitrogens with zero attached hydrogens (tertiary/aromatic N) is 2. The summed E-state index contributed by atoms with van der Waals surface area (Å²) in [5.41, 5.74) is -0.646. The predicted molar refractivity (Wildman–Crippen MR) is 72.1 cm³/mol. The molecule has 1 heterocycles. The molecule has 2 rings (SSSR count). The number of hydrogen-bond acceptors (Lipinski definition) is 4. The van der Waals surface area contributed by atoms with Crippen LogP contribution in [0.3, 0.4) is 0 Å². The standard InChI is InChI=1S/C13H13FN4O3/c1-2-10(12-15-5-6-16-12)17-13(19)8-3-4-11(18(20)21)9(14)7-8/h3-7,10H,2H2,1H3,(H,15,16)(H,17,19). The summed E-state index contributed by atoms with van der Waals surface area (Å²) >= 11 is 0. The van der Waals surface area contributed by atoms with Gasteiger partial charge in [0.1, 0.15) is 5.82 Å². The molecule has 1 aromatic heterocycles. The van der Waals surface area contributed by atoms with E-state index in [0.717, 1.165) is 12.1 Å².